The predicted molar refractivity (Wildman–Crippen MR) is 162 cm³/mol. The zero-order valence-corrected chi connectivity index (χ0v) is 28.6. The molecule has 14 atom stereocenters. The van der Waals surface area contributed by atoms with Gasteiger partial charge in [-0.15, -0.1) is 0 Å². The average Bonchev–Trinajstić information content (AvgIpc) is 2.95. The molecule has 11 nitrogen and oxygen atoms in total. The summed E-state index contributed by atoms with van der Waals surface area (Å²) in [4.78, 5) is 15.8. The highest BCUT2D eigenvalue weighted by Gasteiger charge is 2.51. The smallest absolute Gasteiger partial charge is 0.311 e. The maximum Gasteiger partial charge on any atom is 0.311 e. The summed E-state index contributed by atoms with van der Waals surface area (Å²) >= 11 is 0. The highest BCUT2D eigenvalue weighted by Crippen LogP contribution is 2.39. The van der Waals surface area contributed by atoms with Crippen molar-refractivity contribution in [3.8, 4) is 0 Å². The Bertz CT molecular complexity index is 890. The third-order valence-electron chi connectivity index (χ3n) is 10.4. The first kappa shape index (κ1) is 38.3. The summed E-state index contributed by atoms with van der Waals surface area (Å²) in [7, 11) is 4.94. The van der Waals surface area contributed by atoms with Crippen molar-refractivity contribution in [2.75, 3.05) is 27.8 Å². The van der Waals surface area contributed by atoms with Crippen LogP contribution in [0.2, 0.25) is 0 Å². The molecule has 254 valence electrons. The largest absolute Gasteiger partial charge is 0.459 e. The molecule has 0 spiro atoms. The van der Waals surface area contributed by atoms with E-state index in [-0.39, 0.29) is 18.8 Å². The molecule has 0 aliphatic carbocycles. The van der Waals surface area contributed by atoms with Gasteiger partial charge in [0, 0.05) is 39.1 Å². The first-order chi connectivity index (χ1) is 19.8. The van der Waals surface area contributed by atoms with E-state index >= 15 is 0 Å². The van der Waals surface area contributed by atoms with Gasteiger partial charge in [-0.2, -0.15) is 0 Å². The van der Waals surface area contributed by atoms with Gasteiger partial charge in [0.2, 0.25) is 0 Å². The van der Waals surface area contributed by atoms with Crippen LogP contribution in [0.3, 0.4) is 0 Å². The van der Waals surface area contributed by atoms with Crippen molar-refractivity contribution >= 4 is 5.97 Å². The number of cyclic esters (lactones) is 1. The first-order valence-corrected chi connectivity index (χ1v) is 15.9. The Kier molecular flexibility index (Phi) is 13.5. The van der Waals surface area contributed by atoms with Gasteiger partial charge in [0.1, 0.15) is 23.9 Å². The lowest BCUT2D eigenvalue weighted by Gasteiger charge is -2.47. The number of hydrogen-bond acceptors (Lipinski definition) is 11. The number of aliphatic hydroxyl groups excluding tert-OH is 2. The molecule has 2 saturated heterocycles. The van der Waals surface area contributed by atoms with Gasteiger partial charge in [-0.25, -0.2) is 0 Å². The Morgan fingerprint density at radius 2 is 1.60 bits per heavy atom. The lowest BCUT2D eigenvalue weighted by Crippen LogP contribution is -2.59. The third kappa shape index (κ3) is 8.29. The van der Waals surface area contributed by atoms with E-state index in [2.05, 4.69) is 0 Å². The number of rotatable bonds is 6. The van der Waals surface area contributed by atoms with Crippen LogP contribution >= 0.6 is 0 Å². The molecule has 0 aromatic carbocycles. The fourth-order valence-corrected chi connectivity index (χ4v) is 7.27. The van der Waals surface area contributed by atoms with E-state index in [9.17, 15) is 25.2 Å². The normalized spacial score (nSPS) is 48.3. The molecule has 11 heteroatoms. The van der Waals surface area contributed by atoms with E-state index in [0.29, 0.717) is 19.4 Å². The minimum absolute atomic E-state index is 0.00685. The number of hydrogen-bond donors (Lipinski definition) is 4. The monoisotopic (exact) mass is 619 g/mol. The second-order valence-electron chi connectivity index (χ2n) is 13.8. The second kappa shape index (κ2) is 15.1. The minimum Gasteiger partial charge on any atom is -0.459 e. The minimum atomic E-state index is -1.74. The van der Waals surface area contributed by atoms with Crippen LogP contribution in [0, 0.1) is 17.8 Å². The molecule has 0 radical (unpaired) electrons. The van der Waals surface area contributed by atoms with E-state index in [0.717, 1.165) is 0 Å². The first-order valence-electron chi connectivity index (χ1n) is 15.9. The average molecular weight is 620 g/mol. The van der Waals surface area contributed by atoms with Crippen LogP contribution in [-0.4, -0.2) is 125 Å². The topological polar surface area (TPSA) is 147 Å². The summed E-state index contributed by atoms with van der Waals surface area (Å²) in [5.74, 6) is -2.02. The summed E-state index contributed by atoms with van der Waals surface area (Å²) in [5.41, 5.74) is -3.95. The number of ether oxygens (including phenoxy) is 5. The van der Waals surface area contributed by atoms with Gasteiger partial charge in [-0.1, -0.05) is 27.7 Å². The molecule has 1 unspecified atom stereocenters. The van der Waals surface area contributed by atoms with Crippen molar-refractivity contribution in [1.82, 2.24) is 4.90 Å². The molecule has 43 heavy (non-hydrogen) atoms. The van der Waals surface area contributed by atoms with Crippen molar-refractivity contribution in [1.29, 1.82) is 0 Å². The van der Waals surface area contributed by atoms with Gasteiger partial charge in [-0.05, 0) is 66.8 Å². The summed E-state index contributed by atoms with van der Waals surface area (Å²) < 4.78 is 30.2. The quantitative estimate of drug-likeness (QED) is 0.325. The van der Waals surface area contributed by atoms with Gasteiger partial charge in [0.25, 0.3) is 0 Å². The Labute approximate surface area is 259 Å². The lowest BCUT2D eigenvalue weighted by atomic mass is 9.75. The Hall–Kier alpha value is -0.890. The molecule has 2 heterocycles. The van der Waals surface area contributed by atoms with Crippen LogP contribution in [0.4, 0.5) is 0 Å². The van der Waals surface area contributed by atoms with Crippen LogP contribution < -0.4 is 0 Å². The van der Waals surface area contributed by atoms with E-state index in [1.54, 1.807) is 34.8 Å². The molecule has 2 fully saturated rings. The molecule has 2 aliphatic heterocycles. The van der Waals surface area contributed by atoms with Crippen molar-refractivity contribution < 1.29 is 48.9 Å². The van der Waals surface area contributed by atoms with E-state index in [1.165, 1.54) is 14.0 Å². The van der Waals surface area contributed by atoms with Gasteiger partial charge in [0.15, 0.2) is 6.29 Å². The number of esters is 1. The van der Waals surface area contributed by atoms with Crippen molar-refractivity contribution in [3.63, 3.8) is 0 Å². The molecular weight excluding hydrogens is 558 g/mol. The highest BCUT2D eigenvalue weighted by molar-refractivity contribution is 5.73. The molecule has 0 saturated carbocycles. The number of nitrogens with zero attached hydrogens (tertiary/aromatic N) is 1. The van der Waals surface area contributed by atoms with Crippen LogP contribution in [0.25, 0.3) is 0 Å². The molecule has 0 bridgehead atoms. The van der Waals surface area contributed by atoms with Crippen molar-refractivity contribution in [3.05, 3.63) is 0 Å². The number of carbonyl (C=O) groups excluding carboxylic acids is 1. The summed E-state index contributed by atoms with van der Waals surface area (Å²) in [5, 5.41) is 45.7. The Balaban J connectivity index is 2.62. The second-order valence-corrected chi connectivity index (χ2v) is 13.8. The Morgan fingerprint density at radius 1 is 1.00 bits per heavy atom. The van der Waals surface area contributed by atoms with Gasteiger partial charge < -0.3 is 49.0 Å². The number of aliphatic hydroxyl groups is 4. The van der Waals surface area contributed by atoms with E-state index in [4.69, 9.17) is 23.7 Å². The van der Waals surface area contributed by atoms with Gasteiger partial charge in [-0.3, -0.25) is 4.79 Å². The molecule has 4 N–H and O–H groups in total. The van der Waals surface area contributed by atoms with Crippen molar-refractivity contribution in [2.45, 2.75) is 154 Å². The summed E-state index contributed by atoms with van der Waals surface area (Å²) in [6.45, 7) is 16.7. The fourth-order valence-electron chi connectivity index (χ4n) is 7.27. The predicted octanol–water partition coefficient (Wildman–Crippen LogP) is 2.49. The molecule has 2 rings (SSSR count). The standard InChI is InChI=1S/C32H61NO10/c1-13-23-31(9,37)26(34)21(6)33(10)17-18(3)15-32(38,14-2)28(39-11)19(4)25(20(5)29(36)42-23)43-24-16-30(8,40-12)27(35)22(7)41-24/h18-28,34-35,37-38H,13-17H2,1-12H3/t18-,19+,20-,21-,22+,23-,24?,25+,26-,27+,28-,30-,31-,32-/m1/s1. The van der Waals surface area contributed by atoms with Crippen LogP contribution in [-0.2, 0) is 28.5 Å². The maximum atomic E-state index is 13.8. The van der Waals surface area contributed by atoms with Gasteiger partial charge >= 0.3 is 5.97 Å². The molecule has 2 aliphatic rings. The molecular formula is C32H61NO10. The van der Waals surface area contributed by atoms with Gasteiger partial charge in [0.05, 0.1) is 35.4 Å². The zero-order chi connectivity index (χ0) is 33.1. The Morgan fingerprint density at radius 3 is 2.12 bits per heavy atom. The number of methoxy groups -OCH3 is 2. The molecule has 0 amide bonds. The highest BCUT2D eigenvalue weighted by atomic mass is 16.7. The zero-order valence-electron chi connectivity index (χ0n) is 28.6. The molecule has 0 aromatic rings. The van der Waals surface area contributed by atoms with Crippen molar-refractivity contribution in [2.24, 2.45) is 17.8 Å². The van der Waals surface area contributed by atoms with E-state index in [1.807, 2.05) is 39.6 Å². The van der Waals surface area contributed by atoms with E-state index < -0.39 is 83.6 Å². The summed E-state index contributed by atoms with van der Waals surface area (Å²) in [6.07, 6.45) is -4.83. The van der Waals surface area contributed by atoms with Crippen LogP contribution in [0.15, 0.2) is 0 Å². The maximum absolute atomic E-state index is 13.8. The fraction of sp³-hybridized carbons (Fsp3) is 0.969. The van der Waals surface area contributed by atoms with Crippen LogP contribution in [0.5, 0.6) is 0 Å². The number of likely N-dealkylation sites (N-methyl/N-ethyl adjacent to an activating group) is 1. The SMILES string of the molecule is CC[C@H]1OC(=O)[C@H](C)[C@@H](OC2C[C@@](C)(OC)[C@@H](O)[C@H](C)O2)[C@H](C)[C@@H](OC)[C@@](O)(CC)C[C@@H](C)CN(C)[C@H](C)[C@@H](O)[C@]1(C)O. The third-order valence-corrected chi connectivity index (χ3v) is 10.4. The lowest BCUT2D eigenvalue weighted by molar-refractivity contribution is -0.300. The summed E-state index contributed by atoms with van der Waals surface area (Å²) in [6, 6.07) is -0.466. The number of carbonyl (C=O) groups is 1. The molecule has 0 aromatic heterocycles. The van der Waals surface area contributed by atoms with Crippen LogP contribution in [0.1, 0.15) is 88.0 Å².